The first kappa shape index (κ1) is 8.80. The van der Waals surface area contributed by atoms with E-state index >= 15 is 0 Å². The van der Waals surface area contributed by atoms with Crippen molar-refractivity contribution >= 4 is 5.82 Å². The maximum absolute atomic E-state index is 8.56. The summed E-state index contributed by atoms with van der Waals surface area (Å²) >= 11 is 0. The normalized spacial score (nSPS) is 9.50. The zero-order valence-corrected chi connectivity index (χ0v) is 6.95. The summed E-state index contributed by atoms with van der Waals surface area (Å²) in [5.74, 6) is 1.35. The van der Waals surface area contributed by atoms with Gasteiger partial charge in [-0.15, -0.1) is 0 Å². The molecule has 12 heavy (non-hydrogen) atoms. The van der Waals surface area contributed by atoms with Gasteiger partial charge in [-0.3, -0.25) is 0 Å². The first-order valence-electron chi connectivity index (χ1n) is 3.72. The lowest BCUT2D eigenvalue weighted by Crippen LogP contribution is -2.07. The molecule has 1 rings (SSSR count). The molecule has 0 bridgehead atoms. The first-order chi connectivity index (χ1) is 5.88. The van der Waals surface area contributed by atoms with E-state index < -0.39 is 0 Å². The van der Waals surface area contributed by atoms with Gasteiger partial charge >= 0.3 is 0 Å². The van der Waals surface area contributed by atoms with E-state index in [9.17, 15) is 0 Å². The summed E-state index contributed by atoms with van der Waals surface area (Å²) in [6, 6.07) is 3.61. The van der Waals surface area contributed by atoms with Crippen LogP contribution in [0.15, 0.2) is 18.3 Å². The minimum atomic E-state index is 0.0831. The van der Waals surface area contributed by atoms with Crippen LogP contribution in [0.5, 0.6) is 5.75 Å². The highest BCUT2D eigenvalue weighted by atomic mass is 16.5. The molecule has 0 spiro atoms. The Kier molecular flexibility index (Phi) is 3.35. The monoisotopic (exact) mass is 168 g/mol. The van der Waals surface area contributed by atoms with Crippen LogP contribution >= 0.6 is 0 Å². The van der Waals surface area contributed by atoms with Gasteiger partial charge in [0.15, 0.2) is 11.6 Å². The fraction of sp³-hybridized carbons (Fsp3) is 0.375. The van der Waals surface area contributed by atoms with Crippen LogP contribution in [0.3, 0.4) is 0 Å². The standard InChI is InChI=1S/C8H12N2O2/c1-12-7-3-2-4-9-8(7)10-5-6-11/h2-4,11H,5-6H2,1H3,(H,9,10). The molecule has 0 saturated carbocycles. The van der Waals surface area contributed by atoms with Crippen LogP contribution in [-0.2, 0) is 0 Å². The molecule has 0 fully saturated rings. The molecule has 0 aliphatic rings. The van der Waals surface area contributed by atoms with Crippen LogP contribution < -0.4 is 10.1 Å². The molecule has 4 nitrogen and oxygen atoms in total. The lowest BCUT2D eigenvalue weighted by Gasteiger charge is -2.07. The lowest BCUT2D eigenvalue weighted by molar-refractivity contribution is 0.310. The summed E-state index contributed by atoms with van der Waals surface area (Å²) in [4.78, 5) is 4.04. The fourth-order valence-corrected chi connectivity index (χ4v) is 0.862. The van der Waals surface area contributed by atoms with Crippen molar-refractivity contribution in [3.63, 3.8) is 0 Å². The Labute approximate surface area is 71.2 Å². The van der Waals surface area contributed by atoms with E-state index in [4.69, 9.17) is 9.84 Å². The number of nitrogens with zero attached hydrogens (tertiary/aromatic N) is 1. The van der Waals surface area contributed by atoms with Gasteiger partial charge in [0.1, 0.15) is 0 Å². The SMILES string of the molecule is COc1cccnc1NCCO. The zero-order chi connectivity index (χ0) is 8.81. The molecule has 66 valence electrons. The van der Waals surface area contributed by atoms with Crippen LogP contribution in [0.25, 0.3) is 0 Å². The second-order valence-electron chi connectivity index (χ2n) is 2.20. The van der Waals surface area contributed by atoms with Crippen molar-refractivity contribution < 1.29 is 9.84 Å². The van der Waals surface area contributed by atoms with Crippen molar-refractivity contribution in [3.8, 4) is 5.75 Å². The van der Waals surface area contributed by atoms with Crippen molar-refractivity contribution in [2.24, 2.45) is 0 Å². The molecule has 0 atom stereocenters. The molecule has 0 amide bonds. The van der Waals surface area contributed by atoms with Crippen LogP contribution in [0.1, 0.15) is 0 Å². The molecule has 0 aliphatic heterocycles. The summed E-state index contributed by atoms with van der Waals surface area (Å²) < 4.78 is 5.04. The predicted octanol–water partition coefficient (Wildman–Crippen LogP) is 0.494. The number of hydrogen-bond donors (Lipinski definition) is 2. The third kappa shape index (κ3) is 2.10. The van der Waals surface area contributed by atoms with Crippen LogP contribution in [0.4, 0.5) is 5.82 Å². The molecule has 0 radical (unpaired) electrons. The minimum Gasteiger partial charge on any atom is -0.493 e. The van der Waals surface area contributed by atoms with Crippen molar-refractivity contribution in [2.75, 3.05) is 25.6 Å². The highest BCUT2D eigenvalue weighted by molar-refractivity contribution is 5.49. The molecule has 0 saturated heterocycles. The Hall–Kier alpha value is -1.29. The quantitative estimate of drug-likeness (QED) is 0.687. The van der Waals surface area contributed by atoms with Gasteiger partial charge in [0.25, 0.3) is 0 Å². The maximum Gasteiger partial charge on any atom is 0.168 e. The third-order valence-electron chi connectivity index (χ3n) is 1.39. The second-order valence-corrected chi connectivity index (χ2v) is 2.20. The summed E-state index contributed by atoms with van der Waals surface area (Å²) in [6.45, 7) is 0.563. The van der Waals surface area contributed by atoms with Gasteiger partial charge in [-0.2, -0.15) is 0 Å². The Balaban J connectivity index is 2.68. The maximum atomic E-state index is 8.56. The molecule has 4 heteroatoms. The summed E-state index contributed by atoms with van der Waals surface area (Å²) in [6.07, 6.45) is 1.67. The minimum absolute atomic E-state index is 0.0831. The van der Waals surface area contributed by atoms with Crippen molar-refractivity contribution in [3.05, 3.63) is 18.3 Å². The number of methoxy groups -OCH3 is 1. The van der Waals surface area contributed by atoms with E-state index in [2.05, 4.69) is 10.3 Å². The Morgan fingerprint density at radius 2 is 2.50 bits per heavy atom. The number of aliphatic hydroxyl groups excluding tert-OH is 1. The number of rotatable bonds is 4. The van der Waals surface area contributed by atoms with E-state index in [0.717, 1.165) is 0 Å². The molecule has 2 N–H and O–H groups in total. The van der Waals surface area contributed by atoms with Gasteiger partial charge in [0.05, 0.1) is 13.7 Å². The van der Waals surface area contributed by atoms with Gasteiger partial charge in [0.2, 0.25) is 0 Å². The number of anilines is 1. The van der Waals surface area contributed by atoms with E-state index in [-0.39, 0.29) is 6.61 Å². The molecule has 1 aromatic heterocycles. The fourth-order valence-electron chi connectivity index (χ4n) is 0.862. The first-order valence-corrected chi connectivity index (χ1v) is 3.72. The second kappa shape index (κ2) is 4.56. The Bertz CT molecular complexity index is 240. The van der Waals surface area contributed by atoms with Gasteiger partial charge in [-0.1, -0.05) is 0 Å². The van der Waals surface area contributed by atoms with Gasteiger partial charge in [-0.05, 0) is 12.1 Å². The molecular formula is C8H12N2O2. The topological polar surface area (TPSA) is 54.4 Å². The average molecular weight is 168 g/mol. The molecule has 1 heterocycles. The van der Waals surface area contributed by atoms with Crippen molar-refractivity contribution in [1.29, 1.82) is 0 Å². The molecule has 0 aliphatic carbocycles. The van der Waals surface area contributed by atoms with Crippen molar-refractivity contribution in [2.45, 2.75) is 0 Å². The predicted molar refractivity (Wildman–Crippen MR) is 46.4 cm³/mol. The zero-order valence-electron chi connectivity index (χ0n) is 6.95. The average Bonchev–Trinajstić information content (AvgIpc) is 2.15. The summed E-state index contributed by atoms with van der Waals surface area (Å²) in [5.41, 5.74) is 0. The highest BCUT2D eigenvalue weighted by Gasteiger charge is 1.99. The van der Waals surface area contributed by atoms with E-state index in [1.165, 1.54) is 0 Å². The Morgan fingerprint density at radius 1 is 1.67 bits per heavy atom. The van der Waals surface area contributed by atoms with Gasteiger partial charge < -0.3 is 15.2 Å². The summed E-state index contributed by atoms with van der Waals surface area (Å²) in [5, 5.41) is 11.5. The number of ether oxygens (including phenoxy) is 1. The molecule has 0 unspecified atom stereocenters. The van der Waals surface area contributed by atoms with E-state index in [0.29, 0.717) is 18.1 Å². The molecule has 1 aromatic rings. The third-order valence-corrected chi connectivity index (χ3v) is 1.39. The summed E-state index contributed by atoms with van der Waals surface area (Å²) in [7, 11) is 1.58. The molecular weight excluding hydrogens is 156 g/mol. The number of aromatic nitrogens is 1. The van der Waals surface area contributed by atoms with Gasteiger partial charge in [-0.25, -0.2) is 4.98 Å². The molecule has 0 aromatic carbocycles. The van der Waals surface area contributed by atoms with Crippen LogP contribution in [-0.4, -0.2) is 30.4 Å². The Morgan fingerprint density at radius 3 is 3.17 bits per heavy atom. The van der Waals surface area contributed by atoms with E-state index in [1.807, 2.05) is 6.07 Å². The van der Waals surface area contributed by atoms with Crippen LogP contribution in [0, 0.1) is 0 Å². The van der Waals surface area contributed by atoms with Crippen LogP contribution in [0.2, 0.25) is 0 Å². The number of aliphatic hydroxyl groups is 1. The largest absolute Gasteiger partial charge is 0.493 e. The van der Waals surface area contributed by atoms with Gasteiger partial charge in [0, 0.05) is 12.7 Å². The van der Waals surface area contributed by atoms with Crippen molar-refractivity contribution in [1.82, 2.24) is 4.98 Å². The number of nitrogens with one attached hydrogen (secondary N) is 1. The number of hydrogen-bond acceptors (Lipinski definition) is 4. The highest BCUT2D eigenvalue weighted by Crippen LogP contribution is 2.19. The van der Waals surface area contributed by atoms with E-state index in [1.54, 1.807) is 19.4 Å². The lowest BCUT2D eigenvalue weighted by atomic mass is 10.4. The smallest absolute Gasteiger partial charge is 0.168 e. The number of pyridine rings is 1.